The SMILES string of the molecule is COc1ccc(C[N+]2(C)CCC(NC(=O)c3cc4ccccc4o3)CC2)cc1. The minimum absolute atomic E-state index is 0.118. The van der Waals surface area contributed by atoms with Crippen LogP contribution in [0.25, 0.3) is 11.0 Å². The molecule has 5 heteroatoms. The number of hydrogen-bond acceptors (Lipinski definition) is 3. The summed E-state index contributed by atoms with van der Waals surface area (Å²) in [5, 5.41) is 4.11. The highest BCUT2D eigenvalue weighted by molar-refractivity contribution is 5.96. The molecule has 0 radical (unpaired) electrons. The Morgan fingerprint density at radius 1 is 1.14 bits per heavy atom. The second kappa shape index (κ2) is 7.68. The van der Waals surface area contributed by atoms with E-state index in [9.17, 15) is 4.79 Å². The number of carbonyl (C=O) groups excluding carboxylic acids is 1. The number of para-hydroxylation sites is 1. The summed E-state index contributed by atoms with van der Waals surface area (Å²) in [5.41, 5.74) is 2.06. The molecule has 1 amide bonds. The van der Waals surface area contributed by atoms with Gasteiger partial charge in [-0.15, -0.1) is 0 Å². The fourth-order valence-corrected chi connectivity index (χ4v) is 4.02. The average molecular weight is 379 g/mol. The lowest BCUT2D eigenvalue weighted by molar-refractivity contribution is -0.927. The zero-order chi connectivity index (χ0) is 19.6. The van der Waals surface area contributed by atoms with Crippen molar-refractivity contribution in [3.63, 3.8) is 0 Å². The number of methoxy groups -OCH3 is 1. The fourth-order valence-electron chi connectivity index (χ4n) is 4.02. The summed E-state index contributed by atoms with van der Waals surface area (Å²) in [6.07, 6.45) is 1.94. The molecule has 1 aromatic heterocycles. The summed E-state index contributed by atoms with van der Waals surface area (Å²) in [7, 11) is 3.98. The quantitative estimate of drug-likeness (QED) is 0.682. The van der Waals surface area contributed by atoms with E-state index >= 15 is 0 Å². The minimum Gasteiger partial charge on any atom is -0.497 e. The molecule has 1 N–H and O–H groups in total. The molecule has 0 saturated carbocycles. The number of ether oxygens (including phenoxy) is 1. The van der Waals surface area contributed by atoms with Gasteiger partial charge in [0.15, 0.2) is 5.76 Å². The second-order valence-corrected chi connectivity index (χ2v) is 7.97. The lowest BCUT2D eigenvalue weighted by atomic mass is 10.0. The molecule has 0 unspecified atom stereocenters. The van der Waals surface area contributed by atoms with E-state index in [4.69, 9.17) is 9.15 Å². The Morgan fingerprint density at radius 2 is 1.86 bits per heavy atom. The number of nitrogens with zero attached hydrogens (tertiary/aromatic N) is 1. The number of rotatable bonds is 5. The van der Waals surface area contributed by atoms with Crippen molar-refractivity contribution < 1.29 is 18.4 Å². The van der Waals surface area contributed by atoms with Gasteiger partial charge < -0.3 is 19.0 Å². The van der Waals surface area contributed by atoms with E-state index in [0.29, 0.717) is 5.76 Å². The molecule has 2 heterocycles. The van der Waals surface area contributed by atoms with Crippen molar-refractivity contribution in [3.8, 4) is 5.75 Å². The van der Waals surface area contributed by atoms with Crippen molar-refractivity contribution in [2.24, 2.45) is 0 Å². The van der Waals surface area contributed by atoms with E-state index in [0.717, 1.165) is 53.7 Å². The maximum Gasteiger partial charge on any atom is 0.287 e. The van der Waals surface area contributed by atoms with Crippen molar-refractivity contribution >= 4 is 16.9 Å². The van der Waals surface area contributed by atoms with E-state index in [1.54, 1.807) is 7.11 Å². The third kappa shape index (κ3) is 4.04. The van der Waals surface area contributed by atoms with Crippen LogP contribution in [0.15, 0.2) is 59.0 Å². The highest BCUT2D eigenvalue weighted by Gasteiger charge is 2.31. The monoisotopic (exact) mass is 379 g/mol. The number of quaternary nitrogens is 1. The van der Waals surface area contributed by atoms with Crippen LogP contribution in [0.4, 0.5) is 0 Å². The summed E-state index contributed by atoms with van der Waals surface area (Å²) >= 11 is 0. The van der Waals surface area contributed by atoms with Gasteiger partial charge >= 0.3 is 0 Å². The van der Waals surface area contributed by atoms with Crippen LogP contribution in [0.2, 0.25) is 0 Å². The molecule has 3 aromatic rings. The standard InChI is InChI=1S/C23H26N2O3/c1-25(16-17-7-9-20(27-2)10-8-17)13-11-19(12-14-25)24-23(26)22-15-18-5-3-4-6-21(18)28-22/h3-10,15,19H,11-14,16H2,1-2H3/p+1. The Hall–Kier alpha value is -2.79. The van der Waals surface area contributed by atoms with Gasteiger partial charge in [0.1, 0.15) is 17.9 Å². The largest absolute Gasteiger partial charge is 0.497 e. The maximum atomic E-state index is 12.6. The fraction of sp³-hybridized carbons (Fsp3) is 0.348. The number of piperidine rings is 1. The van der Waals surface area contributed by atoms with E-state index in [-0.39, 0.29) is 11.9 Å². The van der Waals surface area contributed by atoms with Crippen LogP contribution in [0.5, 0.6) is 5.75 Å². The third-order valence-electron chi connectivity index (χ3n) is 5.74. The van der Waals surface area contributed by atoms with Crippen molar-refractivity contribution in [2.75, 3.05) is 27.2 Å². The first-order chi connectivity index (χ1) is 13.5. The van der Waals surface area contributed by atoms with Crippen molar-refractivity contribution in [1.29, 1.82) is 0 Å². The smallest absolute Gasteiger partial charge is 0.287 e. The predicted octanol–water partition coefficient (Wildman–Crippen LogP) is 3.98. The van der Waals surface area contributed by atoms with Crippen LogP contribution < -0.4 is 10.1 Å². The van der Waals surface area contributed by atoms with Gasteiger partial charge in [-0.25, -0.2) is 0 Å². The van der Waals surface area contributed by atoms with Crippen LogP contribution in [-0.4, -0.2) is 43.7 Å². The Labute approximate surface area is 165 Å². The van der Waals surface area contributed by atoms with E-state index in [1.807, 2.05) is 42.5 Å². The molecule has 146 valence electrons. The van der Waals surface area contributed by atoms with Crippen molar-refractivity contribution in [2.45, 2.75) is 25.4 Å². The van der Waals surface area contributed by atoms with Crippen LogP contribution in [0.1, 0.15) is 29.0 Å². The number of likely N-dealkylation sites (tertiary alicyclic amines) is 1. The first-order valence-corrected chi connectivity index (χ1v) is 9.81. The third-order valence-corrected chi connectivity index (χ3v) is 5.74. The number of hydrogen-bond donors (Lipinski definition) is 1. The summed E-state index contributed by atoms with van der Waals surface area (Å²) in [4.78, 5) is 12.6. The molecule has 1 saturated heterocycles. The Bertz CT molecular complexity index is 920. The molecular weight excluding hydrogens is 352 g/mol. The normalized spacial score (nSPS) is 22.1. The molecule has 1 aliphatic heterocycles. The van der Waals surface area contributed by atoms with Crippen molar-refractivity contribution in [1.82, 2.24) is 5.32 Å². The molecule has 2 aromatic carbocycles. The van der Waals surface area contributed by atoms with E-state index in [1.165, 1.54) is 5.56 Å². The zero-order valence-corrected chi connectivity index (χ0v) is 16.5. The average Bonchev–Trinajstić information content (AvgIpc) is 3.15. The minimum atomic E-state index is -0.118. The molecule has 5 nitrogen and oxygen atoms in total. The Balaban J connectivity index is 1.33. The van der Waals surface area contributed by atoms with Crippen LogP contribution >= 0.6 is 0 Å². The maximum absolute atomic E-state index is 12.6. The predicted molar refractivity (Wildman–Crippen MR) is 109 cm³/mol. The lowest BCUT2D eigenvalue weighted by Gasteiger charge is -2.40. The van der Waals surface area contributed by atoms with Crippen LogP contribution in [0.3, 0.4) is 0 Å². The Kier molecular flexibility index (Phi) is 5.09. The van der Waals surface area contributed by atoms with Gasteiger partial charge in [-0.3, -0.25) is 4.79 Å². The number of carbonyl (C=O) groups is 1. The summed E-state index contributed by atoms with van der Waals surface area (Å²) in [5.74, 6) is 1.16. The number of amides is 1. The van der Waals surface area contributed by atoms with Gasteiger partial charge in [0, 0.05) is 29.8 Å². The van der Waals surface area contributed by atoms with Gasteiger partial charge in [0.05, 0.1) is 27.2 Å². The topological polar surface area (TPSA) is 51.5 Å². The molecule has 0 aliphatic carbocycles. The number of fused-ring (bicyclic) bond motifs is 1. The summed E-state index contributed by atoms with van der Waals surface area (Å²) < 4.78 is 11.9. The highest BCUT2D eigenvalue weighted by Crippen LogP contribution is 2.23. The second-order valence-electron chi connectivity index (χ2n) is 7.97. The molecule has 1 fully saturated rings. The first kappa shape index (κ1) is 18.6. The van der Waals surface area contributed by atoms with Crippen LogP contribution in [0, 0.1) is 0 Å². The van der Waals surface area contributed by atoms with E-state index < -0.39 is 0 Å². The Morgan fingerprint density at radius 3 is 2.54 bits per heavy atom. The summed E-state index contributed by atoms with van der Waals surface area (Å²) in [6.45, 7) is 3.07. The number of benzene rings is 2. The van der Waals surface area contributed by atoms with Gasteiger partial charge in [-0.1, -0.05) is 18.2 Å². The molecule has 1 aliphatic rings. The van der Waals surface area contributed by atoms with E-state index in [2.05, 4.69) is 24.5 Å². The molecule has 0 atom stereocenters. The lowest BCUT2D eigenvalue weighted by Crippen LogP contribution is -2.53. The first-order valence-electron chi connectivity index (χ1n) is 9.81. The zero-order valence-electron chi connectivity index (χ0n) is 16.5. The molecule has 0 spiro atoms. The van der Waals surface area contributed by atoms with Gasteiger partial charge in [-0.2, -0.15) is 0 Å². The number of furan rings is 1. The van der Waals surface area contributed by atoms with Gasteiger partial charge in [0.25, 0.3) is 5.91 Å². The summed E-state index contributed by atoms with van der Waals surface area (Å²) in [6, 6.07) is 18.0. The van der Waals surface area contributed by atoms with Gasteiger partial charge in [-0.05, 0) is 36.4 Å². The molecule has 28 heavy (non-hydrogen) atoms. The van der Waals surface area contributed by atoms with Gasteiger partial charge in [0.2, 0.25) is 0 Å². The van der Waals surface area contributed by atoms with Crippen LogP contribution in [-0.2, 0) is 6.54 Å². The molecule has 0 bridgehead atoms. The van der Waals surface area contributed by atoms with Crippen molar-refractivity contribution in [3.05, 3.63) is 65.9 Å². The molecular formula is C23H27N2O3+. The highest BCUT2D eigenvalue weighted by atomic mass is 16.5. The number of nitrogens with one attached hydrogen (secondary N) is 1. The molecule has 4 rings (SSSR count).